The van der Waals surface area contributed by atoms with E-state index in [0.717, 1.165) is 12.0 Å². The molecule has 0 bridgehead atoms. The maximum Gasteiger partial charge on any atom is 0.272 e. The molecule has 5 heteroatoms. The van der Waals surface area contributed by atoms with E-state index < -0.39 is 0 Å². The molecule has 0 spiro atoms. The largest absolute Gasteiger partial charge is 0.472 e. The highest BCUT2D eigenvalue weighted by Gasteiger charge is 2.28. The molecule has 0 aromatic carbocycles. The minimum absolute atomic E-state index is 0.00660. The third-order valence-electron chi connectivity index (χ3n) is 3.49. The second kappa shape index (κ2) is 5.91. The number of hydrogen-bond acceptors (Lipinski definition) is 4. The van der Waals surface area contributed by atoms with Crippen molar-refractivity contribution in [1.29, 1.82) is 0 Å². The lowest BCUT2D eigenvalue weighted by molar-refractivity contribution is 0.0765. The predicted octanol–water partition coefficient (Wildman–Crippen LogP) is 2.08. The van der Waals surface area contributed by atoms with Gasteiger partial charge in [0.15, 0.2) is 0 Å². The molecular weight excluding hydrogens is 266 g/mol. The number of likely N-dealkylation sites (tertiary alicyclic amines) is 1. The molecule has 1 fully saturated rings. The molecule has 0 N–H and O–H groups in total. The minimum Gasteiger partial charge on any atom is -0.472 e. The number of hydrogen-bond donors (Lipinski definition) is 0. The van der Waals surface area contributed by atoms with Crippen LogP contribution in [0, 0.1) is 6.92 Å². The smallest absolute Gasteiger partial charge is 0.272 e. The molecule has 3 rings (SSSR count). The topological polar surface area (TPSA) is 55.3 Å². The van der Waals surface area contributed by atoms with Crippen molar-refractivity contribution < 1.29 is 9.53 Å². The van der Waals surface area contributed by atoms with Crippen LogP contribution in [0.15, 0.2) is 42.7 Å². The van der Waals surface area contributed by atoms with Gasteiger partial charge in [0.25, 0.3) is 5.91 Å². The molecule has 1 saturated heterocycles. The number of ether oxygens (including phenoxy) is 1. The Morgan fingerprint density at radius 2 is 2.19 bits per heavy atom. The van der Waals surface area contributed by atoms with E-state index in [9.17, 15) is 4.79 Å². The Kier molecular flexibility index (Phi) is 3.81. The summed E-state index contributed by atoms with van der Waals surface area (Å²) in [5.41, 5.74) is 1.58. The summed E-state index contributed by atoms with van der Waals surface area (Å²) in [7, 11) is 0. The molecule has 3 heterocycles. The Morgan fingerprint density at radius 3 is 2.90 bits per heavy atom. The Balaban J connectivity index is 1.60. The molecule has 0 saturated carbocycles. The average Bonchev–Trinajstić information content (AvgIpc) is 2.98. The molecule has 21 heavy (non-hydrogen) atoms. The van der Waals surface area contributed by atoms with Crippen LogP contribution in [0.1, 0.15) is 22.5 Å². The van der Waals surface area contributed by atoms with Gasteiger partial charge in [-0.05, 0) is 24.6 Å². The van der Waals surface area contributed by atoms with E-state index in [2.05, 4.69) is 9.97 Å². The summed E-state index contributed by atoms with van der Waals surface area (Å²) in [5.74, 6) is 0.566. The van der Waals surface area contributed by atoms with Crippen molar-refractivity contribution >= 4 is 5.91 Å². The molecule has 0 unspecified atom stereocenters. The molecule has 1 aliphatic rings. The van der Waals surface area contributed by atoms with E-state index in [1.807, 2.05) is 25.1 Å². The number of amides is 1. The number of carbonyl (C=O) groups excluding carboxylic acids is 1. The summed E-state index contributed by atoms with van der Waals surface area (Å²) in [6.45, 7) is 3.25. The third-order valence-corrected chi connectivity index (χ3v) is 3.49. The van der Waals surface area contributed by atoms with Crippen molar-refractivity contribution in [2.45, 2.75) is 19.4 Å². The Labute approximate surface area is 123 Å². The Morgan fingerprint density at radius 1 is 1.29 bits per heavy atom. The molecule has 5 nitrogen and oxygen atoms in total. The first kappa shape index (κ1) is 13.5. The van der Waals surface area contributed by atoms with Crippen molar-refractivity contribution in [1.82, 2.24) is 14.9 Å². The zero-order valence-corrected chi connectivity index (χ0v) is 11.9. The monoisotopic (exact) mass is 283 g/mol. The highest BCUT2D eigenvalue weighted by Crippen LogP contribution is 2.18. The second-order valence-electron chi connectivity index (χ2n) is 5.17. The quantitative estimate of drug-likeness (QED) is 0.865. The second-order valence-corrected chi connectivity index (χ2v) is 5.17. The molecule has 2 aromatic heterocycles. The molecule has 2 aromatic rings. The van der Waals surface area contributed by atoms with E-state index in [1.165, 1.54) is 0 Å². The van der Waals surface area contributed by atoms with Crippen LogP contribution in [0.2, 0.25) is 0 Å². The molecule has 1 amide bonds. The lowest BCUT2D eigenvalue weighted by Crippen LogP contribution is -2.31. The van der Waals surface area contributed by atoms with Crippen molar-refractivity contribution in [3.05, 3.63) is 54.0 Å². The maximum atomic E-state index is 12.3. The van der Waals surface area contributed by atoms with Gasteiger partial charge in [-0.2, -0.15) is 0 Å². The van der Waals surface area contributed by atoms with E-state index in [0.29, 0.717) is 24.7 Å². The van der Waals surface area contributed by atoms with Gasteiger partial charge in [0.1, 0.15) is 11.8 Å². The summed E-state index contributed by atoms with van der Waals surface area (Å²) in [6, 6.07) is 9.18. The van der Waals surface area contributed by atoms with Crippen LogP contribution in [0.3, 0.4) is 0 Å². The van der Waals surface area contributed by atoms with E-state index in [4.69, 9.17) is 4.74 Å². The van der Waals surface area contributed by atoms with Crippen LogP contribution in [0.4, 0.5) is 0 Å². The van der Waals surface area contributed by atoms with Crippen molar-refractivity contribution in [3.63, 3.8) is 0 Å². The average molecular weight is 283 g/mol. The lowest BCUT2D eigenvalue weighted by atomic mass is 10.3. The molecule has 1 atom stereocenters. The maximum absolute atomic E-state index is 12.3. The van der Waals surface area contributed by atoms with Gasteiger partial charge < -0.3 is 9.64 Å². The zero-order chi connectivity index (χ0) is 14.7. The fraction of sp³-hybridized carbons (Fsp3) is 0.312. The van der Waals surface area contributed by atoms with Crippen LogP contribution in [0.25, 0.3) is 0 Å². The lowest BCUT2D eigenvalue weighted by Gasteiger charge is -2.16. The number of nitrogens with zero attached hydrogens (tertiary/aromatic N) is 3. The standard InChI is InChI=1S/C16H17N3O2/c1-12-5-6-15(18-10-12)21-13-7-9-19(11-13)16(20)14-4-2-3-8-17-14/h2-6,8,10,13H,7,9,11H2,1H3/t13-/m0/s1. The zero-order valence-electron chi connectivity index (χ0n) is 11.9. The van der Waals surface area contributed by atoms with Gasteiger partial charge in [-0.3, -0.25) is 9.78 Å². The predicted molar refractivity (Wildman–Crippen MR) is 78.1 cm³/mol. The highest BCUT2D eigenvalue weighted by molar-refractivity contribution is 5.92. The summed E-state index contributed by atoms with van der Waals surface area (Å²) in [4.78, 5) is 22.4. The van der Waals surface area contributed by atoms with Crippen LogP contribution in [-0.2, 0) is 0 Å². The van der Waals surface area contributed by atoms with Gasteiger partial charge in [-0.1, -0.05) is 12.1 Å². The van der Waals surface area contributed by atoms with Crippen LogP contribution in [-0.4, -0.2) is 40.0 Å². The molecule has 0 aliphatic carbocycles. The first-order valence-electron chi connectivity index (χ1n) is 7.02. The van der Waals surface area contributed by atoms with E-state index in [1.54, 1.807) is 29.4 Å². The van der Waals surface area contributed by atoms with Crippen molar-refractivity contribution in [2.24, 2.45) is 0 Å². The fourth-order valence-electron chi connectivity index (χ4n) is 2.35. The van der Waals surface area contributed by atoms with Gasteiger partial charge in [-0.25, -0.2) is 4.98 Å². The normalized spacial score (nSPS) is 17.8. The van der Waals surface area contributed by atoms with Crippen LogP contribution < -0.4 is 4.74 Å². The Hall–Kier alpha value is -2.43. The van der Waals surface area contributed by atoms with Crippen LogP contribution >= 0.6 is 0 Å². The number of aromatic nitrogens is 2. The van der Waals surface area contributed by atoms with Gasteiger partial charge in [0.05, 0.1) is 6.54 Å². The summed E-state index contributed by atoms with van der Waals surface area (Å²) < 4.78 is 5.82. The number of carbonyl (C=O) groups is 1. The first-order valence-corrected chi connectivity index (χ1v) is 7.02. The molecule has 0 radical (unpaired) electrons. The minimum atomic E-state index is -0.0430. The van der Waals surface area contributed by atoms with Gasteiger partial charge >= 0.3 is 0 Å². The molecular formula is C16H17N3O2. The van der Waals surface area contributed by atoms with E-state index >= 15 is 0 Å². The SMILES string of the molecule is Cc1ccc(O[C@H]2CCN(C(=O)c3ccccn3)C2)nc1. The summed E-state index contributed by atoms with van der Waals surface area (Å²) in [5, 5.41) is 0. The van der Waals surface area contributed by atoms with Crippen molar-refractivity contribution in [2.75, 3.05) is 13.1 Å². The van der Waals surface area contributed by atoms with Crippen LogP contribution in [0.5, 0.6) is 5.88 Å². The molecule has 108 valence electrons. The highest BCUT2D eigenvalue weighted by atomic mass is 16.5. The third kappa shape index (κ3) is 3.18. The first-order chi connectivity index (χ1) is 10.2. The fourth-order valence-corrected chi connectivity index (χ4v) is 2.35. The van der Waals surface area contributed by atoms with Gasteiger partial charge in [-0.15, -0.1) is 0 Å². The summed E-state index contributed by atoms with van der Waals surface area (Å²) >= 11 is 0. The van der Waals surface area contributed by atoms with Gasteiger partial charge in [0, 0.05) is 31.4 Å². The van der Waals surface area contributed by atoms with Crippen molar-refractivity contribution in [3.8, 4) is 5.88 Å². The Bertz CT molecular complexity index is 613. The number of pyridine rings is 2. The van der Waals surface area contributed by atoms with Gasteiger partial charge in [0.2, 0.25) is 5.88 Å². The summed E-state index contributed by atoms with van der Waals surface area (Å²) in [6.07, 6.45) is 4.22. The number of aryl methyl sites for hydroxylation is 1. The molecule has 1 aliphatic heterocycles. The van der Waals surface area contributed by atoms with E-state index in [-0.39, 0.29) is 12.0 Å². The number of rotatable bonds is 3.